The van der Waals surface area contributed by atoms with Gasteiger partial charge in [0.15, 0.2) is 0 Å². The highest BCUT2D eigenvalue weighted by atomic mass is 32.2. The first kappa shape index (κ1) is 20.9. The fraction of sp³-hybridized carbons (Fsp3) is 0.0476. The first-order chi connectivity index (χ1) is 14.2. The Morgan fingerprint density at radius 2 is 1.30 bits per heavy atom. The number of amides is 1. The van der Waals surface area contributed by atoms with Gasteiger partial charge in [-0.1, -0.05) is 12.1 Å². The number of carboxylic acids is 1. The summed E-state index contributed by atoms with van der Waals surface area (Å²) >= 11 is 0. The number of carboxylic acid groups (broad SMARTS) is 1. The highest BCUT2D eigenvalue weighted by Crippen LogP contribution is 2.25. The topological polar surface area (TPSA) is 122 Å². The number of carbonyl (C=O) groups excluding carboxylic acids is 1. The highest BCUT2D eigenvalue weighted by Gasteiger charge is 2.15. The summed E-state index contributed by atoms with van der Waals surface area (Å²) in [4.78, 5) is 23.6. The molecule has 154 valence electrons. The van der Waals surface area contributed by atoms with Crippen LogP contribution in [0.5, 0.6) is 11.5 Å². The van der Waals surface area contributed by atoms with Crippen molar-refractivity contribution in [3.63, 3.8) is 0 Å². The number of benzene rings is 3. The number of hydrogen-bond donors (Lipinski definition) is 3. The third-order valence-electron chi connectivity index (χ3n) is 3.91. The predicted octanol–water partition coefficient (Wildman–Crippen LogP) is 3.80. The molecule has 3 aromatic carbocycles. The lowest BCUT2D eigenvalue weighted by molar-refractivity contribution is 0.0692. The SMILES string of the molecule is CS(=O)(=O)Nc1ccc(Oc2ccc(NC(=O)c3ccccc3C(=O)O)cc2)cc1. The molecule has 0 aliphatic rings. The Morgan fingerprint density at radius 1 is 0.800 bits per heavy atom. The van der Waals surface area contributed by atoms with E-state index in [4.69, 9.17) is 4.74 Å². The Bertz CT molecular complexity index is 1170. The Morgan fingerprint density at radius 3 is 1.80 bits per heavy atom. The zero-order valence-corrected chi connectivity index (χ0v) is 16.6. The molecule has 0 fully saturated rings. The molecule has 3 rings (SSSR count). The number of anilines is 2. The van der Waals surface area contributed by atoms with Crippen LogP contribution in [0.3, 0.4) is 0 Å². The summed E-state index contributed by atoms with van der Waals surface area (Å²) in [5.74, 6) is -0.707. The normalized spacial score (nSPS) is 10.8. The van der Waals surface area contributed by atoms with E-state index in [2.05, 4.69) is 10.0 Å². The molecule has 0 radical (unpaired) electrons. The van der Waals surface area contributed by atoms with E-state index in [-0.39, 0.29) is 11.1 Å². The second-order valence-electron chi connectivity index (χ2n) is 6.33. The van der Waals surface area contributed by atoms with Gasteiger partial charge in [-0.15, -0.1) is 0 Å². The molecule has 0 aliphatic heterocycles. The second kappa shape index (κ2) is 8.66. The minimum atomic E-state index is -3.35. The van der Waals surface area contributed by atoms with Crippen molar-refractivity contribution in [3.05, 3.63) is 83.9 Å². The molecule has 0 spiro atoms. The molecule has 0 atom stereocenters. The Labute approximate surface area is 173 Å². The minimum Gasteiger partial charge on any atom is -0.478 e. The van der Waals surface area contributed by atoms with Crippen LogP contribution in [0.25, 0.3) is 0 Å². The largest absolute Gasteiger partial charge is 0.478 e. The quantitative estimate of drug-likeness (QED) is 0.528. The summed E-state index contributed by atoms with van der Waals surface area (Å²) in [5.41, 5.74) is 0.877. The third kappa shape index (κ3) is 5.58. The maximum absolute atomic E-state index is 12.4. The minimum absolute atomic E-state index is 0.0631. The van der Waals surface area contributed by atoms with Crippen LogP contribution in [0.2, 0.25) is 0 Å². The van der Waals surface area contributed by atoms with Crippen LogP contribution in [0.15, 0.2) is 72.8 Å². The van der Waals surface area contributed by atoms with Crippen molar-refractivity contribution in [2.45, 2.75) is 0 Å². The van der Waals surface area contributed by atoms with Crippen molar-refractivity contribution in [2.24, 2.45) is 0 Å². The summed E-state index contributed by atoms with van der Waals surface area (Å²) in [5, 5.41) is 11.9. The van der Waals surface area contributed by atoms with Crippen molar-refractivity contribution in [1.82, 2.24) is 0 Å². The number of aromatic carboxylic acids is 1. The van der Waals surface area contributed by atoms with Crippen molar-refractivity contribution in [1.29, 1.82) is 0 Å². The fourth-order valence-electron chi connectivity index (χ4n) is 2.61. The van der Waals surface area contributed by atoms with Gasteiger partial charge in [-0.05, 0) is 60.7 Å². The van der Waals surface area contributed by atoms with Crippen LogP contribution in [0.1, 0.15) is 20.7 Å². The van der Waals surface area contributed by atoms with E-state index in [0.29, 0.717) is 22.9 Å². The molecule has 0 saturated carbocycles. The van der Waals surface area contributed by atoms with E-state index in [0.717, 1.165) is 6.26 Å². The number of carbonyl (C=O) groups is 2. The first-order valence-corrected chi connectivity index (χ1v) is 10.6. The van der Waals surface area contributed by atoms with E-state index in [9.17, 15) is 23.1 Å². The van der Waals surface area contributed by atoms with E-state index in [1.54, 1.807) is 60.7 Å². The Hall–Kier alpha value is -3.85. The molecule has 0 unspecified atom stereocenters. The number of nitrogens with one attached hydrogen (secondary N) is 2. The zero-order valence-electron chi connectivity index (χ0n) is 15.8. The summed E-state index contributed by atoms with van der Waals surface area (Å²) in [7, 11) is -3.35. The van der Waals surface area contributed by atoms with Gasteiger partial charge in [0.1, 0.15) is 11.5 Å². The lowest BCUT2D eigenvalue weighted by Gasteiger charge is -2.10. The Kier molecular flexibility index (Phi) is 6.03. The van der Waals surface area contributed by atoms with E-state index < -0.39 is 21.9 Å². The molecule has 0 saturated heterocycles. The van der Waals surface area contributed by atoms with Gasteiger partial charge in [0.2, 0.25) is 10.0 Å². The van der Waals surface area contributed by atoms with Crippen LogP contribution in [-0.2, 0) is 10.0 Å². The molecular weight excluding hydrogens is 408 g/mol. The molecule has 0 bridgehead atoms. The molecule has 3 aromatic rings. The zero-order chi connectivity index (χ0) is 21.7. The van der Waals surface area contributed by atoms with Gasteiger partial charge in [0.25, 0.3) is 5.91 Å². The van der Waals surface area contributed by atoms with Crippen LogP contribution in [-0.4, -0.2) is 31.7 Å². The predicted molar refractivity (Wildman–Crippen MR) is 113 cm³/mol. The molecular formula is C21H18N2O6S. The van der Waals surface area contributed by atoms with Crippen LogP contribution in [0, 0.1) is 0 Å². The number of ether oxygens (including phenoxy) is 1. The van der Waals surface area contributed by atoms with Gasteiger partial charge in [0, 0.05) is 11.4 Å². The summed E-state index contributed by atoms with van der Waals surface area (Å²) < 4.78 is 30.5. The molecule has 0 aliphatic carbocycles. The maximum atomic E-state index is 12.4. The molecule has 8 nitrogen and oxygen atoms in total. The Balaban J connectivity index is 1.65. The molecule has 1 amide bonds. The number of sulfonamides is 1. The van der Waals surface area contributed by atoms with Crippen LogP contribution < -0.4 is 14.8 Å². The van der Waals surface area contributed by atoms with Crippen LogP contribution >= 0.6 is 0 Å². The van der Waals surface area contributed by atoms with Gasteiger partial charge in [-0.25, -0.2) is 13.2 Å². The number of hydrogen-bond acceptors (Lipinski definition) is 5. The maximum Gasteiger partial charge on any atom is 0.336 e. The van der Waals surface area contributed by atoms with Crippen molar-refractivity contribution in [3.8, 4) is 11.5 Å². The van der Waals surface area contributed by atoms with E-state index in [1.807, 2.05) is 0 Å². The van der Waals surface area contributed by atoms with E-state index in [1.165, 1.54) is 12.1 Å². The molecule has 9 heteroatoms. The second-order valence-corrected chi connectivity index (χ2v) is 8.08. The fourth-order valence-corrected chi connectivity index (χ4v) is 3.18. The van der Waals surface area contributed by atoms with Crippen molar-refractivity contribution >= 4 is 33.3 Å². The van der Waals surface area contributed by atoms with Crippen LogP contribution in [0.4, 0.5) is 11.4 Å². The lowest BCUT2D eigenvalue weighted by atomic mass is 10.1. The highest BCUT2D eigenvalue weighted by molar-refractivity contribution is 7.92. The monoisotopic (exact) mass is 426 g/mol. The van der Waals surface area contributed by atoms with Crippen molar-refractivity contribution in [2.75, 3.05) is 16.3 Å². The molecule has 0 aromatic heterocycles. The molecule has 3 N–H and O–H groups in total. The van der Waals surface area contributed by atoms with Crippen molar-refractivity contribution < 1.29 is 27.9 Å². The van der Waals surface area contributed by atoms with E-state index >= 15 is 0 Å². The summed E-state index contributed by atoms with van der Waals surface area (Å²) in [6, 6.07) is 18.9. The van der Waals surface area contributed by atoms with Gasteiger partial charge >= 0.3 is 5.97 Å². The van der Waals surface area contributed by atoms with Gasteiger partial charge < -0.3 is 15.2 Å². The number of rotatable bonds is 7. The summed E-state index contributed by atoms with van der Waals surface area (Å²) in [6.07, 6.45) is 1.07. The van der Waals surface area contributed by atoms with Gasteiger partial charge in [-0.3, -0.25) is 9.52 Å². The molecule has 0 heterocycles. The van der Waals surface area contributed by atoms with Gasteiger partial charge in [0.05, 0.1) is 17.4 Å². The molecule has 30 heavy (non-hydrogen) atoms. The average Bonchev–Trinajstić information content (AvgIpc) is 2.70. The standard InChI is InChI=1S/C21H18N2O6S/c1-30(27,28)23-15-8-12-17(13-9-15)29-16-10-6-14(7-11-16)22-20(24)18-4-2-3-5-19(18)21(25)26/h2-13,23H,1H3,(H,22,24)(H,25,26). The summed E-state index contributed by atoms with van der Waals surface area (Å²) in [6.45, 7) is 0. The average molecular weight is 426 g/mol. The smallest absolute Gasteiger partial charge is 0.336 e. The lowest BCUT2D eigenvalue weighted by Crippen LogP contribution is -2.16. The first-order valence-electron chi connectivity index (χ1n) is 8.71. The third-order valence-corrected chi connectivity index (χ3v) is 4.51. The van der Waals surface area contributed by atoms with Gasteiger partial charge in [-0.2, -0.15) is 0 Å².